The Kier molecular flexibility index (Phi) is 3.27. The summed E-state index contributed by atoms with van der Waals surface area (Å²) in [6, 6.07) is 6.31. The van der Waals surface area contributed by atoms with Gasteiger partial charge in [-0.2, -0.15) is 5.10 Å². The molecule has 2 aromatic rings. The van der Waals surface area contributed by atoms with E-state index in [-0.39, 0.29) is 5.82 Å². The van der Waals surface area contributed by atoms with Crippen molar-refractivity contribution < 1.29 is 4.39 Å². The smallest absolute Gasteiger partial charge is 0.125 e. The zero-order valence-electron chi connectivity index (χ0n) is 9.65. The molecule has 0 radical (unpaired) electrons. The topological polar surface area (TPSA) is 55.9 Å². The lowest BCUT2D eigenvalue weighted by molar-refractivity contribution is 0.628. The summed E-state index contributed by atoms with van der Waals surface area (Å²) in [5, 5.41) is 7.42. The molecule has 0 saturated carbocycles. The standard InChI is InChI=1S/C12H15FN4/c1-17-7-5-10(16-17)4-6-15-12-3-2-9(13)8-11(12)14/h2-3,5,7-8,15H,4,6,14H2,1H3. The molecule has 0 spiro atoms. The Balaban J connectivity index is 1.90. The van der Waals surface area contributed by atoms with Crippen LogP contribution in [0.2, 0.25) is 0 Å². The maximum atomic E-state index is 12.8. The zero-order valence-corrected chi connectivity index (χ0v) is 9.65. The monoisotopic (exact) mass is 234 g/mol. The lowest BCUT2D eigenvalue weighted by Crippen LogP contribution is -2.07. The van der Waals surface area contributed by atoms with Crippen LogP contribution in [0.15, 0.2) is 30.5 Å². The molecule has 1 heterocycles. The van der Waals surface area contributed by atoms with E-state index in [2.05, 4.69) is 10.4 Å². The van der Waals surface area contributed by atoms with E-state index in [4.69, 9.17) is 5.73 Å². The highest BCUT2D eigenvalue weighted by atomic mass is 19.1. The molecule has 1 aromatic heterocycles. The molecule has 0 saturated heterocycles. The van der Waals surface area contributed by atoms with Gasteiger partial charge < -0.3 is 11.1 Å². The van der Waals surface area contributed by atoms with Crippen LogP contribution in [-0.4, -0.2) is 16.3 Å². The summed E-state index contributed by atoms with van der Waals surface area (Å²) in [5.74, 6) is -0.322. The second-order valence-electron chi connectivity index (χ2n) is 3.89. The van der Waals surface area contributed by atoms with Gasteiger partial charge in [-0.25, -0.2) is 4.39 Å². The predicted molar refractivity (Wildman–Crippen MR) is 66.2 cm³/mol. The summed E-state index contributed by atoms with van der Waals surface area (Å²) in [6.07, 6.45) is 2.71. The Labute approximate surface area is 99.2 Å². The van der Waals surface area contributed by atoms with E-state index in [1.54, 1.807) is 10.7 Å². The summed E-state index contributed by atoms with van der Waals surface area (Å²) in [6.45, 7) is 0.715. The van der Waals surface area contributed by atoms with Gasteiger partial charge >= 0.3 is 0 Å². The lowest BCUT2D eigenvalue weighted by atomic mass is 10.2. The molecule has 0 unspecified atom stereocenters. The first-order valence-corrected chi connectivity index (χ1v) is 5.42. The van der Waals surface area contributed by atoms with E-state index < -0.39 is 0 Å². The summed E-state index contributed by atoms with van der Waals surface area (Å²) < 4.78 is 14.6. The van der Waals surface area contributed by atoms with Crippen molar-refractivity contribution in [2.45, 2.75) is 6.42 Å². The highest BCUT2D eigenvalue weighted by molar-refractivity contribution is 5.65. The van der Waals surface area contributed by atoms with Crippen LogP contribution in [0.4, 0.5) is 15.8 Å². The lowest BCUT2D eigenvalue weighted by Gasteiger charge is -2.08. The number of nitrogens with one attached hydrogen (secondary N) is 1. The van der Waals surface area contributed by atoms with Crippen LogP contribution in [0.1, 0.15) is 5.69 Å². The third kappa shape index (κ3) is 2.96. The zero-order chi connectivity index (χ0) is 12.3. The molecule has 2 rings (SSSR count). The molecule has 0 bridgehead atoms. The van der Waals surface area contributed by atoms with Crippen LogP contribution in [0.25, 0.3) is 0 Å². The number of hydrogen-bond acceptors (Lipinski definition) is 3. The summed E-state index contributed by atoms with van der Waals surface area (Å²) in [4.78, 5) is 0. The molecule has 90 valence electrons. The van der Waals surface area contributed by atoms with Gasteiger partial charge in [-0.15, -0.1) is 0 Å². The molecule has 0 aliphatic carbocycles. The van der Waals surface area contributed by atoms with E-state index in [0.717, 1.165) is 17.8 Å². The number of hydrogen-bond donors (Lipinski definition) is 2. The van der Waals surface area contributed by atoms with Crippen LogP contribution < -0.4 is 11.1 Å². The molecule has 0 amide bonds. The summed E-state index contributed by atoms with van der Waals surface area (Å²) >= 11 is 0. The first kappa shape index (κ1) is 11.4. The molecule has 0 aliphatic rings. The fraction of sp³-hybridized carbons (Fsp3) is 0.250. The Bertz CT molecular complexity index is 507. The average Bonchev–Trinajstić information content (AvgIpc) is 2.68. The van der Waals surface area contributed by atoms with Crippen LogP contribution in [0.5, 0.6) is 0 Å². The van der Waals surface area contributed by atoms with Crippen LogP contribution in [0.3, 0.4) is 0 Å². The second kappa shape index (κ2) is 4.86. The quantitative estimate of drug-likeness (QED) is 0.793. The van der Waals surface area contributed by atoms with Gasteiger partial charge in [0.15, 0.2) is 0 Å². The van der Waals surface area contributed by atoms with Gasteiger partial charge in [0, 0.05) is 26.2 Å². The molecule has 4 nitrogen and oxygen atoms in total. The molecule has 1 aromatic carbocycles. The number of rotatable bonds is 4. The number of nitrogen functional groups attached to an aromatic ring is 1. The van der Waals surface area contributed by atoms with Gasteiger partial charge in [0.25, 0.3) is 0 Å². The van der Waals surface area contributed by atoms with Gasteiger partial charge in [0.05, 0.1) is 17.1 Å². The maximum absolute atomic E-state index is 12.8. The maximum Gasteiger partial charge on any atom is 0.125 e. The highest BCUT2D eigenvalue weighted by Gasteiger charge is 2.01. The molecular formula is C12H15FN4. The Morgan fingerprint density at radius 1 is 1.41 bits per heavy atom. The SMILES string of the molecule is Cn1ccc(CCNc2ccc(F)cc2N)n1. The number of anilines is 2. The number of aromatic nitrogens is 2. The normalized spacial score (nSPS) is 10.5. The highest BCUT2D eigenvalue weighted by Crippen LogP contribution is 2.18. The van der Waals surface area contributed by atoms with Crippen molar-refractivity contribution in [2.24, 2.45) is 7.05 Å². The van der Waals surface area contributed by atoms with Gasteiger partial charge in [-0.1, -0.05) is 0 Å². The van der Waals surface area contributed by atoms with Gasteiger partial charge in [-0.3, -0.25) is 4.68 Å². The minimum Gasteiger partial charge on any atom is -0.397 e. The molecule has 17 heavy (non-hydrogen) atoms. The van der Waals surface area contributed by atoms with Gasteiger partial charge in [0.1, 0.15) is 5.82 Å². The molecular weight excluding hydrogens is 219 g/mol. The fourth-order valence-corrected chi connectivity index (χ4v) is 1.62. The third-order valence-corrected chi connectivity index (χ3v) is 2.48. The van der Waals surface area contributed by atoms with Crippen molar-refractivity contribution in [3.8, 4) is 0 Å². The molecule has 3 N–H and O–H groups in total. The summed E-state index contributed by atoms with van der Waals surface area (Å²) in [5.41, 5.74) is 7.87. The van der Waals surface area contributed by atoms with Crippen LogP contribution >= 0.6 is 0 Å². The van der Waals surface area contributed by atoms with Crippen LogP contribution in [0, 0.1) is 5.82 Å². The number of aryl methyl sites for hydroxylation is 1. The second-order valence-corrected chi connectivity index (χ2v) is 3.89. The van der Waals surface area contributed by atoms with E-state index >= 15 is 0 Å². The Hall–Kier alpha value is -2.04. The van der Waals surface area contributed by atoms with Crippen LogP contribution in [-0.2, 0) is 13.5 Å². The van der Waals surface area contributed by atoms with Crippen molar-refractivity contribution in [2.75, 3.05) is 17.6 Å². The molecule has 5 heteroatoms. The number of nitrogens with two attached hydrogens (primary N) is 1. The van der Waals surface area contributed by atoms with Gasteiger partial charge in [-0.05, 0) is 24.3 Å². The van der Waals surface area contributed by atoms with E-state index in [0.29, 0.717) is 12.2 Å². The Morgan fingerprint density at radius 2 is 2.24 bits per heavy atom. The average molecular weight is 234 g/mol. The Morgan fingerprint density at radius 3 is 2.88 bits per heavy atom. The van der Waals surface area contributed by atoms with Crippen molar-refractivity contribution >= 4 is 11.4 Å². The molecule has 0 aliphatic heterocycles. The summed E-state index contributed by atoms with van der Waals surface area (Å²) in [7, 11) is 1.88. The number of halogens is 1. The third-order valence-electron chi connectivity index (χ3n) is 2.48. The van der Waals surface area contributed by atoms with Crippen molar-refractivity contribution in [3.63, 3.8) is 0 Å². The van der Waals surface area contributed by atoms with Crippen molar-refractivity contribution in [1.82, 2.24) is 9.78 Å². The predicted octanol–water partition coefficient (Wildman–Crippen LogP) is 1.80. The number of benzene rings is 1. The largest absolute Gasteiger partial charge is 0.397 e. The van der Waals surface area contributed by atoms with E-state index in [9.17, 15) is 4.39 Å². The van der Waals surface area contributed by atoms with Gasteiger partial charge in [0.2, 0.25) is 0 Å². The molecule has 0 fully saturated rings. The minimum atomic E-state index is -0.322. The van der Waals surface area contributed by atoms with Crippen molar-refractivity contribution in [1.29, 1.82) is 0 Å². The first-order chi connectivity index (χ1) is 8.15. The van der Waals surface area contributed by atoms with Crippen molar-refractivity contribution in [3.05, 3.63) is 42.0 Å². The fourth-order valence-electron chi connectivity index (χ4n) is 1.62. The van der Waals surface area contributed by atoms with E-state index in [1.165, 1.54) is 12.1 Å². The number of nitrogens with zero attached hydrogens (tertiary/aromatic N) is 2. The van der Waals surface area contributed by atoms with E-state index in [1.807, 2.05) is 19.3 Å². The molecule has 0 atom stereocenters. The first-order valence-electron chi connectivity index (χ1n) is 5.42. The minimum absolute atomic E-state index is 0.322.